The number of benzene rings is 3. The molecule has 0 unspecified atom stereocenters. The molecule has 0 saturated carbocycles. The van der Waals surface area contributed by atoms with Gasteiger partial charge in [-0.25, -0.2) is 8.78 Å². The highest BCUT2D eigenvalue weighted by molar-refractivity contribution is 5.74. The van der Waals surface area contributed by atoms with Crippen LogP contribution in [0.5, 0.6) is 0 Å². The van der Waals surface area contributed by atoms with E-state index in [1.807, 2.05) is 48.7 Å². The first-order chi connectivity index (χ1) is 14.0. The van der Waals surface area contributed by atoms with Gasteiger partial charge < -0.3 is 0 Å². The highest BCUT2D eigenvalue weighted by Crippen LogP contribution is 2.30. The number of aromatic nitrogens is 1. The topological polar surface area (TPSA) is 12.9 Å². The highest BCUT2D eigenvalue weighted by atomic mass is 19.1. The summed E-state index contributed by atoms with van der Waals surface area (Å²) in [6, 6.07) is 23.7. The molecule has 1 heterocycles. The van der Waals surface area contributed by atoms with Gasteiger partial charge in [-0.2, -0.15) is 0 Å². The minimum atomic E-state index is -0.574. The lowest BCUT2D eigenvalue weighted by molar-refractivity contribution is 0.585. The van der Waals surface area contributed by atoms with Crippen molar-refractivity contribution in [1.82, 2.24) is 4.98 Å². The standard InChI is InChI=1S/C26H21F2N/c1-17(2)20-12-13-29-26(15-20)22-5-3-4-21(14-22)18-6-8-19(9-7-18)24-11-10-23(27)16-25(24)28/h3-17H,1-2H3. The van der Waals surface area contributed by atoms with Crippen LogP contribution in [-0.2, 0) is 0 Å². The Bertz CT molecular complexity index is 1150. The van der Waals surface area contributed by atoms with Crippen molar-refractivity contribution >= 4 is 0 Å². The number of hydrogen-bond donors (Lipinski definition) is 0. The van der Waals surface area contributed by atoms with Crippen LogP contribution in [0.1, 0.15) is 25.3 Å². The molecule has 0 saturated heterocycles. The third-order valence-electron chi connectivity index (χ3n) is 5.07. The maximum atomic E-state index is 14.0. The predicted molar refractivity (Wildman–Crippen MR) is 115 cm³/mol. The van der Waals surface area contributed by atoms with E-state index in [2.05, 4.69) is 37.0 Å². The van der Waals surface area contributed by atoms with Crippen LogP contribution < -0.4 is 0 Å². The molecule has 0 atom stereocenters. The van der Waals surface area contributed by atoms with Gasteiger partial charge in [0.25, 0.3) is 0 Å². The van der Waals surface area contributed by atoms with E-state index >= 15 is 0 Å². The zero-order valence-electron chi connectivity index (χ0n) is 16.4. The van der Waals surface area contributed by atoms with Gasteiger partial charge in [0, 0.05) is 23.4 Å². The van der Waals surface area contributed by atoms with Crippen molar-refractivity contribution in [2.75, 3.05) is 0 Å². The summed E-state index contributed by atoms with van der Waals surface area (Å²) in [5.74, 6) is -0.690. The summed E-state index contributed by atoms with van der Waals surface area (Å²) >= 11 is 0. The SMILES string of the molecule is CC(C)c1ccnc(-c2cccc(-c3ccc(-c4ccc(F)cc4F)cc3)c2)c1. The molecule has 0 radical (unpaired) electrons. The number of nitrogens with zero attached hydrogens (tertiary/aromatic N) is 1. The third-order valence-corrected chi connectivity index (χ3v) is 5.07. The van der Waals surface area contributed by atoms with E-state index in [4.69, 9.17) is 0 Å². The number of hydrogen-bond acceptors (Lipinski definition) is 1. The highest BCUT2D eigenvalue weighted by Gasteiger charge is 2.08. The van der Waals surface area contributed by atoms with Gasteiger partial charge in [0.2, 0.25) is 0 Å². The Hall–Kier alpha value is -3.33. The van der Waals surface area contributed by atoms with Crippen LogP contribution in [0.4, 0.5) is 8.78 Å². The van der Waals surface area contributed by atoms with Crippen LogP contribution in [0.3, 0.4) is 0 Å². The van der Waals surface area contributed by atoms with Crippen LogP contribution in [0, 0.1) is 11.6 Å². The second-order valence-electron chi connectivity index (χ2n) is 7.41. The summed E-state index contributed by atoms with van der Waals surface area (Å²) in [6.45, 7) is 4.34. The second kappa shape index (κ2) is 7.96. The molecule has 0 amide bonds. The zero-order chi connectivity index (χ0) is 20.4. The molecule has 0 fully saturated rings. The van der Waals surface area contributed by atoms with Gasteiger partial charge in [-0.05, 0) is 58.5 Å². The minimum Gasteiger partial charge on any atom is -0.256 e. The van der Waals surface area contributed by atoms with Crippen LogP contribution in [-0.4, -0.2) is 4.98 Å². The molecular formula is C26H21F2N. The summed E-state index contributed by atoms with van der Waals surface area (Å²) in [5.41, 5.74) is 6.45. The Balaban J connectivity index is 1.66. The Kier molecular flexibility index (Phi) is 5.22. The Morgan fingerprint density at radius 3 is 2.14 bits per heavy atom. The molecule has 1 aromatic heterocycles. The van der Waals surface area contributed by atoms with E-state index in [0.717, 1.165) is 28.5 Å². The van der Waals surface area contributed by atoms with Gasteiger partial charge in [-0.3, -0.25) is 4.98 Å². The van der Waals surface area contributed by atoms with E-state index in [-0.39, 0.29) is 0 Å². The van der Waals surface area contributed by atoms with Crippen molar-refractivity contribution in [3.05, 3.63) is 102 Å². The van der Waals surface area contributed by atoms with E-state index in [1.165, 1.54) is 17.7 Å². The molecule has 3 heteroatoms. The predicted octanol–water partition coefficient (Wildman–Crippen LogP) is 7.48. The monoisotopic (exact) mass is 385 g/mol. The normalized spacial score (nSPS) is 11.1. The molecule has 1 nitrogen and oxygen atoms in total. The maximum Gasteiger partial charge on any atom is 0.133 e. The van der Waals surface area contributed by atoms with Crippen LogP contribution in [0.25, 0.3) is 33.5 Å². The molecule has 4 rings (SSSR count). The molecule has 4 aromatic rings. The summed E-state index contributed by atoms with van der Waals surface area (Å²) in [4.78, 5) is 4.53. The van der Waals surface area contributed by atoms with Crippen molar-refractivity contribution in [3.63, 3.8) is 0 Å². The van der Waals surface area contributed by atoms with E-state index < -0.39 is 11.6 Å². The van der Waals surface area contributed by atoms with E-state index in [0.29, 0.717) is 17.0 Å². The van der Waals surface area contributed by atoms with Gasteiger partial charge >= 0.3 is 0 Å². The molecule has 0 N–H and O–H groups in total. The lowest BCUT2D eigenvalue weighted by Gasteiger charge is -2.10. The summed E-state index contributed by atoms with van der Waals surface area (Å²) in [7, 11) is 0. The molecule has 144 valence electrons. The van der Waals surface area contributed by atoms with Crippen molar-refractivity contribution in [2.45, 2.75) is 19.8 Å². The fourth-order valence-corrected chi connectivity index (χ4v) is 3.39. The summed E-state index contributed by atoms with van der Waals surface area (Å²) in [5, 5.41) is 0. The van der Waals surface area contributed by atoms with E-state index in [1.54, 1.807) is 0 Å². The van der Waals surface area contributed by atoms with Crippen molar-refractivity contribution in [1.29, 1.82) is 0 Å². The van der Waals surface area contributed by atoms with Gasteiger partial charge in [0.1, 0.15) is 11.6 Å². The lowest BCUT2D eigenvalue weighted by atomic mass is 9.97. The maximum absolute atomic E-state index is 14.0. The van der Waals surface area contributed by atoms with Crippen molar-refractivity contribution in [3.8, 4) is 33.5 Å². The van der Waals surface area contributed by atoms with E-state index in [9.17, 15) is 8.78 Å². The van der Waals surface area contributed by atoms with Crippen LogP contribution >= 0.6 is 0 Å². The van der Waals surface area contributed by atoms with Gasteiger partial charge in [-0.1, -0.05) is 56.3 Å². The Morgan fingerprint density at radius 2 is 1.41 bits per heavy atom. The average Bonchev–Trinajstić information content (AvgIpc) is 2.74. The molecule has 3 aromatic carbocycles. The largest absolute Gasteiger partial charge is 0.256 e. The first-order valence-corrected chi connectivity index (χ1v) is 9.63. The quantitative estimate of drug-likeness (QED) is 0.355. The molecule has 0 aliphatic rings. The fourth-order valence-electron chi connectivity index (χ4n) is 3.39. The first-order valence-electron chi connectivity index (χ1n) is 9.63. The minimum absolute atomic E-state index is 0.390. The summed E-state index contributed by atoms with van der Waals surface area (Å²) < 4.78 is 27.2. The van der Waals surface area contributed by atoms with Gasteiger partial charge in [0.15, 0.2) is 0 Å². The molecule has 0 bridgehead atoms. The molecule has 29 heavy (non-hydrogen) atoms. The number of halogens is 2. The Morgan fingerprint density at radius 1 is 0.690 bits per heavy atom. The Labute approximate surface area is 169 Å². The number of pyridine rings is 1. The first kappa shape index (κ1) is 19.0. The number of rotatable bonds is 4. The van der Waals surface area contributed by atoms with Crippen LogP contribution in [0.2, 0.25) is 0 Å². The van der Waals surface area contributed by atoms with Crippen LogP contribution in [0.15, 0.2) is 85.1 Å². The van der Waals surface area contributed by atoms with Crippen molar-refractivity contribution in [2.24, 2.45) is 0 Å². The second-order valence-corrected chi connectivity index (χ2v) is 7.41. The third kappa shape index (κ3) is 4.09. The smallest absolute Gasteiger partial charge is 0.133 e. The fraction of sp³-hybridized carbons (Fsp3) is 0.115. The molecule has 0 aliphatic heterocycles. The average molecular weight is 385 g/mol. The van der Waals surface area contributed by atoms with Crippen molar-refractivity contribution < 1.29 is 8.78 Å². The van der Waals surface area contributed by atoms with Gasteiger partial charge in [0.05, 0.1) is 5.69 Å². The molecule has 0 aliphatic carbocycles. The zero-order valence-corrected chi connectivity index (χ0v) is 16.4. The molecular weight excluding hydrogens is 364 g/mol. The lowest BCUT2D eigenvalue weighted by Crippen LogP contribution is -1.91. The van der Waals surface area contributed by atoms with Gasteiger partial charge in [-0.15, -0.1) is 0 Å². The summed E-state index contributed by atoms with van der Waals surface area (Å²) in [6.07, 6.45) is 1.85. The molecule has 0 spiro atoms.